The molecule has 0 aliphatic heterocycles. The van der Waals surface area contributed by atoms with E-state index in [2.05, 4.69) is 9.72 Å². The molecule has 1 heterocycles. The number of halogens is 3. The minimum absolute atomic E-state index is 0.212. The van der Waals surface area contributed by atoms with Gasteiger partial charge in [0.05, 0.1) is 6.61 Å². The first-order valence-corrected chi connectivity index (χ1v) is 7.96. The molecule has 0 bridgehead atoms. The Hall–Kier alpha value is -1.55. The first-order valence-electron chi connectivity index (χ1n) is 6.48. The molecule has 22 heavy (non-hydrogen) atoms. The molecule has 0 amide bonds. The molecular weight excluding hydrogens is 325 g/mol. The van der Waals surface area contributed by atoms with Crippen molar-refractivity contribution >= 4 is 16.5 Å². The fourth-order valence-electron chi connectivity index (χ4n) is 1.83. The lowest BCUT2D eigenvalue weighted by Crippen LogP contribution is -2.62. The summed E-state index contributed by atoms with van der Waals surface area (Å²) in [7, 11) is -4.14. The fraction of sp³-hybridized carbons (Fsp3) is 0.583. The number of hydrogen-bond donors (Lipinski definition) is 2. The summed E-state index contributed by atoms with van der Waals surface area (Å²) in [6, 6.07) is 2.63. The van der Waals surface area contributed by atoms with Crippen molar-refractivity contribution in [3.63, 3.8) is 0 Å². The maximum absolute atomic E-state index is 12.8. The number of alkyl halides is 3. The number of rotatable bonds is 5. The fourth-order valence-corrected chi connectivity index (χ4v) is 3.26. The van der Waals surface area contributed by atoms with E-state index in [9.17, 15) is 26.4 Å². The molecular formula is C12H17F3N2O4S. The van der Waals surface area contributed by atoms with Gasteiger partial charge < -0.3 is 9.72 Å². The molecule has 0 spiro atoms. The maximum atomic E-state index is 12.8. The number of ether oxygens (including phenoxy) is 1. The average Bonchev–Trinajstić information content (AvgIpc) is 2.88. The van der Waals surface area contributed by atoms with Crippen LogP contribution in [0, 0.1) is 0 Å². The van der Waals surface area contributed by atoms with Gasteiger partial charge in [-0.3, -0.25) is 4.79 Å². The molecule has 0 radical (unpaired) electrons. The Morgan fingerprint density at radius 2 is 2.09 bits per heavy atom. The van der Waals surface area contributed by atoms with Crippen LogP contribution in [0.25, 0.3) is 0 Å². The van der Waals surface area contributed by atoms with E-state index in [1.54, 1.807) is 11.6 Å². The van der Waals surface area contributed by atoms with Gasteiger partial charge in [0.15, 0.2) is 0 Å². The topological polar surface area (TPSA) is 88.3 Å². The van der Waals surface area contributed by atoms with Crippen molar-refractivity contribution in [1.82, 2.24) is 9.71 Å². The van der Waals surface area contributed by atoms with Crippen LogP contribution in [-0.4, -0.2) is 38.2 Å². The molecule has 10 heteroatoms. The number of carbonyl (C=O) groups is 1. The van der Waals surface area contributed by atoms with Crippen molar-refractivity contribution in [3.05, 3.63) is 18.3 Å². The summed E-state index contributed by atoms with van der Waals surface area (Å²) < 4.78 is 67.7. The zero-order valence-electron chi connectivity index (χ0n) is 11.8. The Kier molecular flexibility index (Phi) is 6.00. The van der Waals surface area contributed by atoms with Gasteiger partial charge in [-0.05, 0) is 38.3 Å². The van der Waals surface area contributed by atoms with Gasteiger partial charge >= 0.3 is 6.18 Å². The summed E-state index contributed by atoms with van der Waals surface area (Å²) in [4.78, 5) is 11.6. The zero-order chi connectivity index (χ0) is 16.9. The third-order valence-corrected chi connectivity index (χ3v) is 4.67. The van der Waals surface area contributed by atoms with Crippen molar-refractivity contribution in [1.29, 1.82) is 0 Å². The van der Waals surface area contributed by atoms with Gasteiger partial charge in [0.1, 0.15) is 10.6 Å². The lowest BCUT2D eigenvalue weighted by molar-refractivity contribution is -0.212. The number of nitrogens with one attached hydrogen (secondary N) is 2. The van der Waals surface area contributed by atoms with Gasteiger partial charge in [-0.15, -0.1) is 0 Å². The summed E-state index contributed by atoms with van der Waals surface area (Å²) in [6.45, 7) is 2.66. The number of aromatic amines is 1. The standard InChI is InChI=1S/C9H11F3N2O2S.C3H6O2/c10-9(11,12)8(4-2-5-8)14-17(15,16)7-3-1-6-13-7;1-2-5-3-4/h1,3,6,13-14H,2,4-5H2;3H,2H2,1H3. The lowest BCUT2D eigenvalue weighted by atomic mass is 9.77. The summed E-state index contributed by atoms with van der Waals surface area (Å²) in [5.41, 5.74) is -2.29. The van der Waals surface area contributed by atoms with Gasteiger partial charge in [-0.1, -0.05) is 0 Å². The van der Waals surface area contributed by atoms with Crippen LogP contribution in [0.3, 0.4) is 0 Å². The third-order valence-electron chi connectivity index (χ3n) is 3.17. The molecule has 2 rings (SSSR count). The number of carbonyl (C=O) groups excluding carboxylic acids is 1. The van der Waals surface area contributed by atoms with Crippen LogP contribution in [0.4, 0.5) is 13.2 Å². The second kappa shape index (κ2) is 7.14. The van der Waals surface area contributed by atoms with Crippen LogP contribution in [-0.2, 0) is 19.6 Å². The molecule has 1 aromatic heterocycles. The minimum atomic E-state index is -4.56. The highest BCUT2D eigenvalue weighted by Gasteiger charge is 2.60. The first kappa shape index (κ1) is 18.5. The molecule has 0 aromatic carbocycles. The Morgan fingerprint density at radius 3 is 2.36 bits per heavy atom. The van der Waals surface area contributed by atoms with Crippen molar-refractivity contribution in [2.75, 3.05) is 6.61 Å². The number of H-pyrrole nitrogens is 1. The predicted molar refractivity (Wildman–Crippen MR) is 71.4 cm³/mol. The van der Waals surface area contributed by atoms with E-state index >= 15 is 0 Å². The van der Waals surface area contributed by atoms with E-state index in [-0.39, 0.29) is 17.9 Å². The van der Waals surface area contributed by atoms with Crippen molar-refractivity contribution < 1.29 is 31.1 Å². The highest BCUT2D eigenvalue weighted by Crippen LogP contribution is 2.45. The molecule has 1 aromatic rings. The Bertz CT molecular complexity index is 566. The molecule has 0 saturated heterocycles. The van der Waals surface area contributed by atoms with E-state index in [4.69, 9.17) is 0 Å². The smallest absolute Gasteiger partial charge is 0.407 e. The van der Waals surface area contributed by atoms with Crippen LogP contribution >= 0.6 is 0 Å². The predicted octanol–water partition coefficient (Wildman–Crippen LogP) is 1.96. The van der Waals surface area contributed by atoms with Gasteiger partial charge in [-0.25, -0.2) is 8.42 Å². The van der Waals surface area contributed by atoms with Gasteiger partial charge in [0.25, 0.3) is 16.5 Å². The molecule has 1 fully saturated rings. The molecule has 6 nitrogen and oxygen atoms in total. The normalized spacial score (nSPS) is 16.9. The number of hydrogen-bond acceptors (Lipinski definition) is 4. The van der Waals surface area contributed by atoms with Crippen molar-refractivity contribution in [2.24, 2.45) is 0 Å². The molecule has 126 valence electrons. The molecule has 1 aliphatic rings. The Morgan fingerprint density at radius 1 is 1.45 bits per heavy atom. The molecule has 1 saturated carbocycles. The van der Waals surface area contributed by atoms with Crippen molar-refractivity contribution in [3.8, 4) is 0 Å². The van der Waals surface area contributed by atoms with Crippen LogP contribution < -0.4 is 4.72 Å². The maximum Gasteiger partial charge on any atom is 0.407 e. The van der Waals surface area contributed by atoms with E-state index in [1.165, 1.54) is 18.3 Å². The Labute approximate surface area is 126 Å². The zero-order valence-corrected chi connectivity index (χ0v) is 12.6. The lowest BCUT2D eigenvalue weighted by Gasteiger charge is -2.42. The SMILES string of the molecule is CCOC=O.O=S(=O)(NC1(C(F)(F)F)CCC1)c1ccc[nH]1. The summed E-state index contributed by atoms with van der Waals surface area (Å²) in [5.74, 6) is 0. The van der Waals surface area contributed by atoms with E-state index < -0.39 is 21.7 Å². The summed E-state index contributed by atoms with van der Waals surface area (Å²) in [5, 5.41) is -0.256. The van der Waals surface area contributed by atoms with E-state index in [1.807, 2.05) is 0 Å². The van der Waals surface area contributed by atoms with Crippen LogP contribution in [0.2, 0.25) is 0 Å². The van der Waals surface area contributed by atoms with Gasteiger partial charge in [0.2, 0.25) is 0 Å². The number of sulfonamides is 1. The van der Waals surface area contributed by atoms with Crippen LogP contribution in [0.1, 0.15) is 26.2 Å². The molecule has 0 atom stereocenters. The average molecular weight is 342 g/mol. The summed E-state index contributed by atoms with van der Waals surface area (Å²) >= 11 is 0. The van der Waals surface area contributed by atoms with Crippen LogP contribution in [0.5, 0.6) is 0 Å². The van der Waals surface area contributed by atoms with Gasteiger partial charge in [0, 0.05) is 6.20 Å². The monoisotopic (exact) mass is 342 g/mol. The summed E-state index contributed by atoms with van der Waals surface area (Å²) in [6.07, 6.45) is -3.28. The first-order chi connectivity index (χ1) is 10.2. The largest absolute Gasteiger partial charge is 0.468 e. The van der Waals surface area contributed by atoms with Crippen LogP contribution in [0.15, 0.2) is 23.4 Å². The van der Waals surface area contributed by atoms with E-state index in [0.29, 0.717) is 19.5 Å². The highest BCUT2D eigenvalue weighted by atomic mass is 32.2. The highest BCUT2D eigenvalue weighted by molar-refractivity contribution is 7.89. The molecule has 2 N–H and O–H groups in total. The molecule has 0 unspecified atom stereocenters. The minimum Gasteiger partial charge on any atom is -0.468 e. The molecule has 1 aliphatic carbocycles. The second-order valence-electron chi connectivity index (χ2n) is 4.62. The van der Waals surface area contributed by atoms with Crippen molar-refractivity contribution in [2.45, 2.75) is 42.9 Å². The van der Waals surface area contributed by atoms with E-state index in [0.717, 1.165) is 0 Å². The Balaban J connectivity index is 0.000000422. The third kappa shape index (κ3) is 4.23. The number of aromatic nitrogens is 1. The second-order valence-corrected chi connectivity index (χ2v) is 6.28. The quantitative estimate of drug-likeness (QED) is 0.801. The van der Waals surface area contributed by atoms with Gasteiger partial charge in [-0.2, -0.15) is 17.9 Å².